The summed E-state index contributed by atoms with van der Waals surface area (Å²) in [7, 11) is 1.37. The van der Waals surface area contributed by atoms with Gasteiger partial charge in [-0.3, -0.25) is 14.9 Å². The fourth-order valence-corrected chi connectivity index (χ4v) is 3.66. The summed E-state index contributed by atoms with van der Waals surface area (Å²) in [5.74, 6) is 0.457. The van der Waals surface area contributed by atoms with Crippen LogP contribution in [0.1, 0.15) is 52.4 Å². The third-order valence-corrected chi connectivity index (χ3v) is 4.94. The maximum absolute atomic E-state index is 12.5. The van der Waals surface area contributed by atoms with Crippen LogP contribution >= 0.6 is 0 Å². The molecule has 0 aromatic carbocycles. The van der Waals surface area contributed by atoms with Crippen molar-refractivity contribution in [3.63, 3.8) is 0 Å². The number of hydrogen-bond donors (Lipinski definition) is 1. The van der Waals surface area contributed by atoms with E-state index in [9.17, 15) is 9.59 Å². The lowest BCUT2D eigenvalue weighted by Crippen LogP contribution is -2.55. The number of nitrogens with zero attached hydrogens (tertiary/aromatic N) is 1. The summed E-state index contributed by atoms with van der Waals surface area (Å²) >= 11 is 0. The molecule has 0 aromatic rings. The number of piperidine rings is 1. The summed E-state index contributed by atoms with van der Waals surface area (Å²) in [4.78, 5) is 26.2. The Labute approximate surface area is 127 Å². The predicted molar refractivity (Wildman–Crippen MR) is 80.8 cm³/mol. The maximum atomic E-state index is 12.5. The van der Waals surface area contributed by atoms with Crippen molar-refractivity contribution in [1.29, 1.82) is 0 Å². The van der Waals surface area contributed by atoms with E-state index in [0.29, 0.717) is 12.0 Å². The summed E-state index contributed by atoms with van der Waals surface area (Å²) < 4.78 is 4.75. The minimum Gasteiger partial charge on any atom is -0.468 e. The minimum atomic E-state index is -0.827. The molecule has 0 aromatic heterocycles. The van der Waals surface area contributed by atoms with Gasteiger partial charge in [0.25, 0.3) is 0 Å². The van der Waals surface area contributed by atoms with Gasteiger partial charge in [-0.25, -0.2) is 0 Å². The lowest BCUT2D eigenvalue weighted by atomic mass is 9.78. The average molecular weight is 296 g/mol. The fraction of sp³-hybridized carbons (Fsp3) is 0.875. The maximum Gasteiger partial charge on any atom is 0.325 e. The van der Waals surface area contributed by atoms with E-state index in [0.717, 1.165) is 19.4 Å². The van der Waals surface area contributed by atoms with E-state index in [2.05, 4.69) is 5.32 Å². The number of rotatable bonds is 4. The minimum absolute atomic E-state index is 0.114. The van der Waals surface area contributed by atoms with E-state index in [1.165, 1.54) is 32.8 Å². The molecule has 2 aliphatic rings. The lowest BCUT2D eigenvalue weighted by Gasteiger charge is -2.44. The molecule has 0 bridgehead atoms. The van der Waals surface area contributed by atoms with Gasteiger partial charge in [0, 0.05) is 12.6 Å². The van der Waals surface area contributed by atoms with Crippen LogP contribution in [0.25, 0.3) is 0 Å². The van der Waals surface area contributed by atoms with E-state index in [1.54, 1.807) is 13.8 Å². The van der Waals surface area contributed by atoms with Gasteiger partial charge in [-0.1, -0.05) is 12.8 Å². The molecule has 2 rings (SSSR count). The Morgan fingerprint density at radius 2 is 1.86 bits per heavy atom. The van der Waals surface area contributed by atoms with Gasteiger partial charge in [0.05, 0.1) is 13.7 Å². The molecule has 1 amide bonds. The molecule has 0 unspecified atom stereocenters. The molecule has 1 saturated heterocycles. The van der Waals surface area contributed by atoms with Crippen molar-refractivity contribution in [3.8, 4) is 0 Å². The number of carbonyl (C=O) groups is 2. The Kier molecular flexibility index (Phi) is 5.25. The van der Waals surface area contributed by atoms with Crippen LogP contribution in [0.2, 0.25) is 0 Å². The Morgan fingerprint density at radius 3 is 2.57 bits per heavy atom. The van der Waals surface area contributed by atoms with Gasteiger partial charge in [0.15, 0.2) is 0 Å². The van der Waals surface area contributed by atoms with E-state index in [1.807, 2.05) is 4.90 Å². The summed E-state index contributed by atoms with van der Waals surface area (Å²) in [6.07, 6.45) is 7.29. The van der Waals surface area contributed by atoms with E-state index >= 15 is 0 Å². The second kappa shape index (κ2) is 6.77. The quantitative estimate of drug-likeness (QED) is 0.802. The van der Waals surface area contributed by atoms with Gasteiger partial charge in [-0.15, -0.1) is 0 Å². The highest BCUT2D eigenvalue weighted by Gasteiger charge is 2.36. The fourth-order valence-electron chi connectivity index (χ4n) is 3.66. The van der Waals surface area contributed by atoms with Crippen molar-refractivity contribution in [2.75, 3.05) is 20.2 Å². The Balaban J connectivity index is 1.91. The first-order valence-corrected chi connectivity index (χ1v) is 8.08. The van der Waals surface area contributed by atoms with Crippen molar-refractivity contribution in [3.05, 3.63) is 0 Å². The highest BCUT2D eigenvalue weighted by Crippen LogP contribution is 2.35. The molecule has 5 nitrogen and oxygen atoms in total. The molecule has 21 heavy (non-hydrogen) atoms. The molecule has 0 spiro atoms. The SMILES string of the molecule is COC(=O)C(C)(C)NCC(=O)N1CCC[C@H]2CCCC[C@H]21. The molecule has 1 aliphatic carbocycles. The van der Waals surface area contributed by atoms with Gasteiger partial charge in [0.2, 0.25) is 5.91 Å². The van der Waals surface area contributed by atoms with Gasteiger partial charge in [0.1, 0.15) is 5.54 Å². The zero-order chi connectivity index (χ0) is 15.5. The second-order valence-corrected chi connectivity index (χ2v) is 6.81. The normalized spacial score (nSPS) is 26.1. The third-order valence-electron chi connectivity index (χ3n) is 4.94. The Morgan fingerprint density at radius 1 is 1.19 bits per heavy atom. The Bertz CT molecular complexity index is 393. The second-order valence-electron chi connectivity index (χ2n) is 6.81. The first-order chi connectivity index (χ1) is 9.95. The average Bonchev–Trinajstić information content (AvgIpc) is 2.51. The number of esters is 1. The monoisotopic (exact) mass is 296 g/mol. The number of amides is 1. The molecule has 120 valence electrons. The zero-order valence-corrected chi connectivity index (χ0v) is 13.5. The Hall–Kier alpha value is -1.10. The molecule has 0 radical (unpaired) electrons. The molecule has 1 aliphatic heterocycles. The predicted octanol–water partition coefficient (Wildman–Crippen LogP) is 1.71. The largest absolute Gasteiger partial charge is 0.468 e. The third kappa shape index (κ3) is 3.76. The van der Waals surface area contributed by atoms with Crippen LogP contribution in [0.15, 0.2) is 0 Å². The van der Waals surface area contributed by atoms with Crippen molar-refractivity contribution in [2.45, 2.75) is 64.0 Å². The van der Waals surface area contributed by atoms with Crippen molar-refractivity contribution in [2.24, 2.45) is 5.92 Å². The van der Waals surface area contributed by atoms with Gasteiger partial charge < -0.3 is 9.64 Å². The van der Waals surface area contributed by atoms with Crippen LogP contribution in [0, 0.1) is 5.92 Å². The smallest absolute Gasteiger partial charge is 0.325 e. The highest BCUT2D eigenvalue weighted by atomic mass is 16.5. The molecule has 1 saturated carbocycles. The van der Waals surface area contributed by atoms with E-state index in [4.69, 9.17) is 4.74 Å². The lowest BCUT2D eigenvalue weighted by molar-refractivity contribution is -0.147. The van der Waals surface area contributed by atoms with Crippen LogP contribution in [-0.2, 0) is 14.3 Å². The molecule has 1 heterocycles. The van der Waals surface area contributed by atoms with Crippen molar-refractivity contribution in [1.82, 2.24) is 10.2 Å². The van der Waals surface area contributed by atoms with Crippen LogP contribution in [0.4, 0.5) is 0 Å². The first kappa shape index (κ1) is 16.3. The summed E-state index contributed by atoms with van der Waals surface area (Å²) in [6, 6.07) is 0.419. The van der Waals surface area contributed by atoms with E-state index in [-0.39, 0.29) is 18.4 Å². The number of fused-ring (bicyclic) bond motifs is 1. The van der Waals surface area contributed by atoms with E-state index < -0.39 is 5.54 Å². The summed E-state index contributed by atoms with van der Waals surface area (Å²) in [5, 5.41) is 3.04. The first-order valence-electron chi connectivity index (χ1n) is 8.08. The number of methoxy groups -OCH3 is 1. The van der Waals surface area contributed by atoms with Gasteiger partial charge in [-0.05, 0) is 45.4 Å². The molecule has 2 fully saturated rings. The van der Waals surface area contributed by atoms with Crippen LogP contribution in [0.5, 0.6) is 0 Å². The van der Waals surface area contributed by atoms with Crippen LogP contribution in [0.3, 0.4) is 0 Å². The topological polar surface area (TPSA) is 58.6 Å². The summed E-state index contributed by atoms with van der Waals surface area (Å²) in [5.41, 5.74) is -0.827. The molecular weight excluding hydrogens is 268 g/mol. The summed E-state index contributed by atoms with van der Waals surface area (Å²) in [6.45, 7) is 4.54. The van der Waals surface area contributed by atoms with Gasteiger partial charge in [-0.2, -0.15) is 0 Å². The zero-order valence-electron chi connectivity index (χ0n) is 13.5. The van der Waals surface area contributed by atoms with Crippen molar-refractivity contribution < 1.29 is 14.3 Å². The number of nitrogens with one attached hydrogen (secondary N) is 1. The number of hydrogen-bond acceptors (Lipinski definition) is 4. The molecule has 5 heteroatoms. The molecule has 1 N–H and O–H groups in total. The number of ether oxygens (including phenoxy) is 1. The number of likely N-dealkylation sites (tertiary alicyclic amines) is 1. The van der Waals surface area contributed by atoms with Crippen LogP contribution in [-0.4, -0.2) is 48.6 Å². The standard InChI is InChI=1S/C16H28N2O3/c1-16(2,15(20)21-3)17-11-14(19)18-10-6-8-12-7-4-5-9-13(12)18/h12-13,17H,4-11H2,1-3H3/t12-,13-/m1/s1. The number of carbonyl (C=O) groups excluding carboxylic acids is 2. The molecular formula is C16H28N2O3. The highest BCUT2D eigenvalue weighted by molar-refractivity contribution is 5.82. The van der Waals surface area contributed by atoms with Crippen LogP contribution < -0.4 is 5.32 Å². The van der Waals surface area contributed by atoms with Crippen molar-refractivity contribution >= 4 is 11.9 Å². The van der Waals surface area contributed by atoms with Gasteiger partial charge >= 0.3 is 5.97 Å². The molecule has 2 atom stereocenters.